The van der Waals surface area contributed by atoms with Crippen molar-refractivity contribution in [2.75, 3.05) is 13.1 Å². The number of β-amino-alcohol motifs (C(OH)–C–C–N with tert-alkyl or cyclic N) is 1. The van der Waals surface area contributed by atoms with E-state index in [1.165, 1.54) is 4.90 Å². The van der Waals surface area contributed by atoms with Gasteiger partial charge in [0.15, 0.2) is 5.60 Å². The Morgan fingerprint density at radius 1 is 1.47 bits per heavy atom. The van der Waals surface area contributed by atoms with E-state index in [0.29, 0.717) is 30.0 Å². The van der Waals surface area contributed by atoms with Crippen molar-refractivity contribution >= 4 is 11.8 Å². The fourth-order valence-corrected chi connectivity index (χ4v) is 2.42. The lowest BCUT2D eigenvalue weighted by atomic mass is 9.92. The molecule has 1 aliphatic rings. The Morgan fingerprint density at radius 2 is 2.16 bits per heavy atom. The second-order valence-electron chi connectivity index (χ2n) is 5.05. The van der Waals surface area contributed by atoms with Crippen molar-refractivity contribution in [3.63, 3.8) is 0 Å². The van der Waals surface area contributed by atoms with Crippen LogP contribution in [-0.4, -0.2) is 40.5 Å². The molecule has 1 unspecified atom stereocenters. The van der Waals surface area contributed by atoms with Crippen LogP contribution in [0.1, 0.15) is 34.7 Å². The Kier molecular flexibility index (Phi) is 3.36. The summed E-state index contributed by atoms with van der Waals surface area (Å²) in [6.45, 7) is 3.91. The number of carbonyl (C=O) groups is 2. The third-order valence-corrected chi connectivity index (χ3v) is 3.49. The summed E-state index contributed by atoms with van der Waals surface area (Å²) in [5, 5.41) is 10.1. The predicted molar refractivity (Wildman–Crippen MR) is 67.5 cm³/mol. The number of nitrogens with two attached hydrogens (primary N) is 1. The number of rotatable bonds is 2. The summed E-state index contributed by atoms with van der Waals surface area (Å²) >= 11 is 0. The minimum Gasteiger partial charge on any atom is -0.466 e. The lowest BCUT2D eigenvalue weighted by Crippen LogP contribution is -2.57. The molecule has 0 bridgehead atoms. The van der Waals surface area contributed by atoms with Crippen molar-refractivity contribution < 1.29 is 19.1 Å². The second-order valence-corrected chi connectivity index (χ2v) is 5.05. The summed E-state index contributed by atoms with van der Waals surface area (Å²) in [6, 6.07) is 1.66. The maximum Gasteiger partial charge on any atom is 0.257 e. The van der Waals surface area contributed by atoms with Gasteiger partial charge >= 0.3 is 0 Å². The Morgan fingerprint density at radius 3 is 2.68 bits per heavy atom. The van der Waals surface area contributed by atoms with Gasteiger partial charge in [-0.1, -0.05) is 0 Å². The zero-order chi connectivity index (χ0) is 14.2. The molecule has 1 saturated heterocycles. The molecule has 2 rings (SSSR count). The smallest absolute Gasteiger partial charge is 0.257 e. The van der Waals surface area contributed by atoms with Crippen molar-refractivity contribution in [3.8, 4) is 0 Å². The lowest BCUT2D eigenvalue weighted by Gasteiger charge is -2.36. The van der Waals surface area contributed by atoms with Crippen molar-refractivity contribution in [2.45, 2.75) is 32.3 Å². The van der Waals surface area contributed by atoms with Crippen LogP contribution < -0.4 is 5.73 Å². The summed E-state index contributed by atoms with van der Waals surface area (Å²) in [4.78, 5) is 25.1. The zero-order valence-electron chi connectivity index (χ0n) is 11.1. The third-order valence-electron chi connectivity index (χ3n) is 3.49. The number of amides is 2. The van der Waals surface area contributed by atoms with Gasteiger partial charge in [0.05, 0.1) is 12.1 Å². The number of carbonyl (C=O) groups excluding carboxylic acids is 2. The van der Waals surface area contributed by atoms with Crippen molar-refractivity contribution in [2.24, 2.45) is 5.73 Å². The van der Waals surface area contributed by atoms with Gasteiger partial charge in [0.2, 0.25) is 0 Å². The fourth-order valence-electron chi connectivity index (χ4n) is 2.42. The van der Waals surface area contributed by atoms with E-state index in [-0.39, 0.29) is 18.9 Å². The number of hydrogen-bond acceptors (Lipinski definition) is 4. The standard InChI is InChI=1S/C13H18N2O4/c1-8-6-10(9(2)19-8)11(16)15-5-3-4-13(18,7-15)12(14)17/h6,18H,3-5,7H2,1-2H3,(H2,14,17). The van der Waals surface area contributed by atoms with Gasteiger partial charge in [-0.05, 0) is 32.8 Å². The van der Waals surface area contributed by atoms with Crippen molar-refractivity contribution in [1.29, 1.82) is 0 Å². The first-order chi connectivity index (χ1) is 8.83. The van der Waals surface area contributed by atoms with Crippen molar-refractivity contribution in [3.05, 3.63) is 23.2 Å². The summed E-state index contributed by atoms with van der Waals surface area (Å²) in [5.41, 5.74) is 4.03. The molecule has 2 amide bonds. The van der Waals surface area contributed by atoms with E-state index in [9.17, 15) is 14.7 Å². The average molecular weight is 266 g/mol. The van der Waals surface area contributed by atoms with E-state index in [1.807, 2.05) is 0 Å². The minimum atomic E-state index is -1.62. The maximum absolute atomic E-state index is 12.3. The Hall–Kier alpha value is -1.82. The summed E-state index contributed by atoms with van der Waals surface area (Å²) in [6.07, 6.45) is 0.830. The van der Waals surface area contributed by atoms with Crippen LogP contribution in [0.2, 0.25) is 0 Å². The summed E-state index contributed by atoms with van der Waals surface area (Å²) in [7, 11) is 0. The maximum atomic E-state index is 12.3. The molecule has 0 aromatic carbocycles. The van der Waals surface area contributed by atoms with Gasteiger partial charge in [0.1, 0.15) is 11.5 Å². The van der Waals surface area contributed by atoms with Gasteiger partial charge in [0, 0.05) is 6.54 Å². The Balaban J connectivity index is 2.20. The van der Waals surface area contributed by atoms with Crippen LogP contribution in [0, 0.1) is 13.8 Å². The highest BCUT2D eigenvalue weighted by atomic mass is 16.3. The first-order valence-corrected chi connectivity index (χ1v) is 6.22. The summed E-state index contributed by atoms with van der Waals surface area (Å²) < 4.78 is 5.32. The van der Waals surface area contributed by atoms with Crippen LogP contribution in [0.25, 0.3) is 0 Å². The number of primary amides is 1. The number of likely N-dealkylation sites (tertiary alicyclic amines) is 1. The number of aliphatic hydroxyl groups is 1. The van der Waals surface area contributed by atoms with Gasteiger partial charge in [-0.3, -0.25) is 9.59 Å². The molecule has 6 nitrogen and oxygen atoms in total. The van der Waals surface area contributed by atoms with Crippen LogP contribution in [0.5, 0.6) is 0 Å². The van der Waals surface area contributed by atoms with Crippen LogP contribution >= 0.6 is 0 Å². The number of furan rings is 1. The molecule has 6 heteroatoms. The van der Waals surface area contributed by atoms with E-state index < -0.39 is 11.5 Å². The van der Waals surface area contributed by atoms with Gasteiger partial charge in [-0.15, -0.1) is 0 Å². The molecule has 1 aromatic heterocycles. The van der Waals surface area contributed by atoms with E-state index in [2.05, 4.69) is 0 Å². The van der Waals surface area contributed by atoms with Crippen LogP contribution in [0.4, 0.5) is 0 Å². The fraction of sp³-hybridized carbons (Fsp3) is 0.538. The zero-order valence-corrected chi connectivity index (χ0v) is 11.1. The highest BCUT2D eigenvalue weighted by molar-refractivity contribution is 5.96. The highest BCUT2D eigenvalue weighted by Crippen LogP contribution is 2.24. The molecule has 2 heterocycles. The monoisotopic (exact) mass is 266 g/mol. The largest absolute Gasteiger partial charge is 0.466 e. The number of nitrogens with zero attached hydrogens (tertiary/aromatic N) is 1. The van der Waals surface area contributed by atoms with Gasteiger partial charge in [-0.25, -0.2) is 0 Å². The normalized spacial score (nSPS) is 23.4. The first kappa shape index (κ1) is 13.6. The van der Waals surface area contributed by atoms with E-state index in [1.54, 1.807) is 19.9 Å². The minimum absolute atomic E-state index is 0.0646. The molecule has 19 heavy (non-hydrogen) atoms. The van der Waals surface area contributed by atoms with Crippen LogP contribution in [0.3, 0.4) is 0 Å². The molecular weight excluding hydrogens is 248 g/mol. The molecule has 1 fully saturated rings. The molecule has 0 radical (unpaired) electrons. The molecular formula is C13H18N2O4. The molecule has 0 aliphatic carbocycles. The average Bonchev–Trinajstić information content (AvgIpc) is 2.67. The molecule has 0 spiro atoms. The number of piperidine rings is 1. The van der Waals surface area contributed by atoms with E-state index in [4.69, 9.17) is 10.2 Å². The van der Waals surface area contributed by atoms with Crippen molar-refractivity contribution in [1.82, 2.24) is 4.90 Å². The van der Waals surface area contributed by atoms with Crippen LogP contribution in [-0.2, 0) is 4.79 Å². The predicted octanol–water partition coefficient (Wildman–Crippen LogP) is 0.349. The third kappa shape index (κ3) is 2.49. The summed E-state index contributed by atoms with van der Waals surface area (Å²) in [5.74, 6) is 0.164. The lowest BCUT2D eigenvalue weighted by molar-refractivity contribution is -0.140. The quantitative estimate of drug-likeness (QED) is 0.807. The van der Waals surface area contributed by atoms with Gasteiger partial charge in [-0.2, -0.15) is 0 Å². The molecule has 104 valence electrons. The topological polar surface area (TPSA) is 96.8 Å². The van der Waals surface area contributed by atoms with Crippen LogP contribution in [0.15, 0.2) is 10.5 Å². The highest BCUT2D eigenvalue weighted by Gasteiger charge is 2.40. The molecule has 1 atom stereocenters. The second kappa shape index (κ2) is 4.70. The molecule has 3 N–H and O–H groups in total. The van der Waals surface area contributed by atoms with Gasteiger partial charge < -0.3 is 20.2 Å². The molecule has 0 saturated carbocycles. The Bertz CT molecular complexity index is 523. The SMILES string of the molecule is Cc1cc(C(=O)N2CCCC(O)(C(N)=O)C2)c(C)o1. The first-order valence-electron chi connectivity index (χ1n) is 6.22. The van der Waals surface area contributed by atoms with E-state index in [0.717, 1.165) is 0 Å². The number of aryl methyl sites for hydroxylation is 2. The van der Waals surface area contributed by atoms with Gasteiger partial charge in [0.25, 0.3) is 11.8 Å². The molecule has 1 aliphatic heterocycles. The Labute approximate surface area is 111 Å². The van der Waals surface area contributed by atoms with E-state index >= 15 is 0 Å². The molecule has 1 aromatic rings. The number of hydrogen-bond donors (Lipinski definition) is 2.